The third kappa shape index (κ3) is 2.96. The second kappa shape index (κ2) is 7.09. The van der Waals surface area contributed by atoms with Crippen molar-refractivity contribution in [2.75, 3.05) is 0 Å². The molecule has 4 rings (SSSR count). The second-order valence-corrected chi connectivity index (χ2v) is 8.35. The van der Waals surface area contributed by atoms with Gasteiger partial charge in [0.15, 0.2) is 5.78 Å². The summed E-state index contributed by atoms with van der Waals surface area (Å²) in [6.07, 6.45) is 4.20. The van der Waals surface area contributed by atoms with E-state index in [0.717, 1.165) is 42.4 Å². The largest absolute Gasteiger partial charge is 0.384 e. The van der Waals surface area contributed by atoms with E-state index in [2.05, 4.69) is 6.92 Å². The summed E-state index contributed by atoms with van der Waals surface area (Å²) < 4.78 is 0. The van der Waals surface area contributed by atoms with Gasteiger partial charge in [-0.05, 0) is 35.8 Å². The van der Waals surface area contributed by atoms with E-state index >= 15 is 0 Å². The summed E-state index contributed by atoms with van der Waals surface area (Å²) in [5.41, 5.74) is 2.33. The van der Waals surface area contributed by atoms with Crippen LogP contribution < -0.4 is 0 Å². The van der Waals surface area contributed by atoms with Crippen LogP contribution in [0.2, 0.25) is 0 Å². The van der Waals surface area contributed by atoms with Crippen molar-refractivity contribution in [2.24, 2.45) is 17.8 Å². The molecule has 0 amide bonds. The zero-order valence-electron chi connectivity index (χ0n) is 16.2. The van der Waals surface area contributed by atoms with Gasteiger partial charge in [-0.15, -0.1) is 0 Å². The molecule has 0 aromatic heterocycles. The Morgan fingerprint density at radius 3 is 1.89 bits per heavy atom. The summed E-state index contributed by atoms with van der Waals surface area (Å²) in [7, 11) is 0. The minimum Gasteiger partial charge on any atom is -0.384 e. The molecule has 27 heavy (non-hydrogen) atoms. The molecule has 2 aromatic carbocycles. The Bertz CT molecular complexity index is 844. The van der Waals surface area contributed by atoms with Gasteiger partial charge < -0.3 is 5.11 Å². The molecule has 140 valence electrons. The Morgan fingerprint density at radius 1 is 0.815 bits per heavy atom. The molecule has 2 heteroatoms. The van der Waals surface area contributed by atoms with Crippen LogP contribution in [0.25, 0.3) is 11.1 Å². The van der Waals surface area contributed by atoms with Crippen molar-refractivity contribution < 1.29 is 9.90 Å². The molecule has 1 saturated carbocycles. The van der Waals surface area contributed by atoms with Crippen molar-refractivity contribution in [3.05, 3.63) is 71.8 Å². The number of allylic oxidation sites excluding steroid dienone is 1. The number of Topliss-reactive ketones (excluding diaryl/α,β-unsaturated/α-hetero) is 1. The zero-order valence-corrected chi connectivity index (χ0v) is 16.2. The van der Waals surface area contributed by atoms with Gasteiger partial charge in [0.1, 0.15) is 5.60 Å². The van der Waals surface area contributed by atoms with E-state index in [1.807, 2.05) is 67.6 Å². The molecule has 2 unspecified atom stereocenters. The number of rotatable bonds is 3. The van der Waals surface area contributed by atoms with Gasteiger partial charge in [-0.1, -0.05) is 87.4 Å². The van der Waals surface area contributed by atoms with Crippen molar-refractivity contribution >= 4 is 16.9 Å². The predicted octanol–water partition coefficient (Wildman–Crippen LogP) is 5.37. The van der Waals surface area contributed by atoms with Crippen molar-refractivity contribution in [2.45, 2.75) is 45.1 Å². The summed E-state index contributed by atoms with van der Waals surface area (Å²) in [6, 6.07) is 19.9. The molecule has 1 fully saturated rings. The predicted molar refractivity (Wildman–Crippen MR) is 110 cm³/mol. The molecule has 2 aliphatic rings. The first-order chi connectivity index (χ1) is 13.0. The molecule has 0 heterocycles. The first kappa shape index (κ1) is 18.2. The minimum absolute atomic E-state index is 0.0705. The van der Waals surface area contributed by atoms with E-state index in [1.54, 1.807) is 0 Å². The number of hydrogen-bond acceptors (Lipinski definition) is 2. The lowest BCUT2D eigenvalue weighted by Gasteiger charge is -2.41. The molecule has 0 saturated heterocycles. The van der Waals surface area contributed by atoms with E-state index < -0.39 is 11.5 Å². The Morgan fingerprint density at radius 2 is 1.33 bits per heavy atom. The van der Waals surface area contributed by atoms with E-state index in [4.69, 9.17) is 0 Å². The first-order valence-electron chi connectivity index (χ1n) is 10.2. The van der Waals surface area contributed by atoms with Gasteiger partial charge in [-0.3, -0.25) is 4.79 Å². The lowest BCUT2D eigenvalue weighted by atomic mass is 9.67. The van der Waals surface area contributed by atoms with Crippen LogP contribution in [0.5, 0.6) is 0 Å². The quantitative estimate of drug-likeness (QED) is 0.798. The average molecular weight is 360 g/mol. The summed E-state index contributed by atoms with van der Waals surface area (Å²) in [5.74, 6) is 0.488. The van der Waals surface area contributed by atoms with Gasteiger partial charge in [-0.25, -0.2) is 0 Å². The minimum atomic E-state index is -1.09. The highest BCUT2D eigenvalue weighted by Gasteiger charge is 2.55. The third-order valence-corrected chi connectivity index (χ3v) is 6.71. The van der Waals surface area contributed by atoms with E-state index in [0.29, 0.717) is 11.5 Å². The molecule has 1 N–H and O–H groups in total. The number of ketones is 1. The molecule has 0 radical (unpaired) electrons. The fraction of sp³-hybridized carbons (Fsp3) is 0.400. The highest BCUT2D eigenvalue weighted by atomic mass is 16.3. The highest BCUT2D eigenvalue weighted by molar-refractivity contribution is 6.33. The number of carbonyl (C=O) groups is 1. The van der Waals surface area contributed by atoms with Gasteiger partial charge >= 0.3 is 0 Å². The van der Waals surface area contributed by atoms with Crippen LogP contribution >= 0.6 is 0 Å². The summed E-state index contributed by atoms with van der Waals surface area (Å²) >= 11 is 0. The number of hydrogen-bond donors (Lipinski definition) is 1. The van der Waals surface area contributed by atoms with E-state index in [-0.39, 0.29) is 11.7 Å². The third-order valence-electron chi connectivity index (χ3n) is 6.71. The number of aliphatic hydroxyl groups is 1. The molecule has 2 aromatic rings. The molecule has 0 spiro atoms. The Labute approximate surface area is 161 Å². The maximum absolute atomic E-state index is 13.4. The van der Waals surface area contributed by atoms with Gasteiger partial charge in [0, 0.05) is 11.1 Å². The van der Waals surface area contributed by atoms with Gasteiger partial charge in [0.25, 0.3) is 0 Å². The monoisotopic (exact) mass is 360 g/mol. The fourth-order valence-corrected chi connectivity index (χ4v) is 5.09. The van der Waals surface area contributed by atoms with E-state index in [9.17, 15) is 9.90 Å². The lowest BCUT2D eigenvalue weighted by molar-refractivity contribution is -0.123. The SMILES string of the molecule is CC1CCC(C2(O)C(c3ccccc3)=C(c3ccccc3)C(=O)C2C)CC1. The molecule has 2 atom stereocenters. The van der Waals surface area contributed by atoms with Crippen molar-refractivity contribution in [1.29, 1.82) is 0 Å². The normalized spacial score (nSPS) is 31.4. The lowest BCUT2D eigenvalue weighted by Crippen LogP contribution is -2.45. The Hall–Kier alpha value is -2.19. The van der Waals surface area contributed by atoms with Crippen LogP contribution in [-0.4, -0.2) is 16.5 Å². The first-order valence-corrected chi connectivity index (χ1v) is 10.2. The molecule has 2 aliphatic carbocycles. The molecular weight excluding hydrogens is 332 g/mol. The molecule has 0 aliphatic heterocycles. The highest BCUT2D eigenvalue weighted by Crippen LogP contribution is 2.54. The van der Waals surface area contributed by atoms with Gasteiger partial charge in [-0.2, -0.15) is 0 Å². The van der Waals surface area contributed by atoms with Crippen LogP contribution in [0.15, 0.2) is 60.7 Å². The average Bonchev–Trinajstić information content (AvgIpc) is 2.92. The van der Waals surface area contributed by atoms with Crippen LogP contribution in [0.1, 0.15) is 50.7 Å². The van der Waals surface area contributed by atoms with Gasteiger partial charge in [0.05, 0.1) is 5.92 Å². The summed E-state index contributed by atoms with van der Waals surface area (Å²) in [5, 5.41) is 12.1. The molecular formula is C25H28O2. The van der Waals surface area contributed by atoms with Crippen molar-refractivity contribution in [3.8, 4) is 0 Å². The zero-order chi connectivity index (χ0) is 19.0. The second-order valence-electron chi connectivity index (χ2n) is 8.35. The molecule has 0 bridgehead atoms. The maximum Gasteiger partial charge on any atom is 0.169 e. The van der Waals surface area contributed by atoms with Crippen LogP contribution in [0.4, 0.5) is 0 Å². The topological polar surface area (TPSA) is 37.3 Å². The Kier molecular flexibility index (Phi) is 4.77. The van der Waals surface area contributed by atoms with Crippen LogP contribution in [0, 0.1) is 17.8 Å². The fourth-order valence-electron chi connectivity index (χ4n) is 5.09. The summed E-state index contributed by atoms with van der Waals surface area (Å²) in [4.78, 5) is 13.4. The van der Waals surface area contributed by atoms with Crippen molar-refractivity contribution in [1.82, 2.24) is 0 Å². The standard InChI is InChI=1S/C25H28O2/c1-17-13-15-21(16-14-17)25(27)18(2)24(26)22(19-9-5-3-6-10-19)23(25)20-11-7-4-8-12-20/h3-12,17-18,21,27H,13-16H2,1-2H3. The van der Waals surface area contributed by atoms with Crippen molar-refractivity contribution in [3.63, 3.8) is 0 Å². The smallest absolute Gasteiger partial charge is 0.169 e. The van der Waals surface area contributed by atoms with Gasteiger partial charge in [0.2, 0.25) is 0 Å². The van der Waals surface area contributed by atoms with Crippen LogP contribution in [0.3, 0.4) is 0 Å². The summed E-state index contributed by atoms with van der Waals surface area (Å²) in [6.45, 7) is 4.20. The number of carbonyl (C=O) groups excluding carboxylic acids is 1. The molecule has 2 nitrogen and oxygen atoms in total. The Balaban J connectivity index is 1.92. The number of benzene rings is 2. The maximum atomic E-state index is 13.4. The van der Waals surface area contributed by atoms with E-state index in [1.165, 1.54) is 0 Å². The van der Waals surface area contributed by atoms with Crippen LogP contribution in [-0.2, 0) is 4.79 Å².